The zero-order chi connectivity index (χ0) is 24.8. The maximum Gasteiger partial charge on any atom is 0.416 e. The Labute approximate surface area is 199 Å². The molecule has 35 heavy (non-hydrogen) atoms. The number of hydrogen-bond acceptors (Lipinski definition) is 5. The fraction of sp³-hybridized carbons (Fsp3) is 0.280. The number of nitrogens with one attached hydrogen (secondary N) is 3. The monoisotopic (exact) mass is 488 g/mol. The van der Waals surface area contributed by atoms with Gasteiger partial charge in [0.05, 0.1) is 11.1 Å². The SMILES string of the molecule is O=C(Nc1cc(OCC2CCCN2)cc(C(F)(F)F)c1)c1cccnc1NCc1ccc(F)cc1. The molecule has 0 bridgehead atoms. The molecule has 1 aliphatic heterocycles. The quantitative estimate of drug-likeness (QED) is 0.379. The highest BCUT2D eigenvalue weighted by Gasteiger charge is 2.32. The van der Waals surface area contributed by atoms with Gasteiger partial charge in [0.25, 0.3) is 5.91 Å². The van der Waals surface area contributed by atoms with Gasteiger partial charge in [0.1, 0.15) is 24.0 Å². The van der Waals surface area contributed by atoms with Crippen molar-refractivity contribution in [1.29, 1.82) is 0 Å². The molecule has 0 radical (unpaired) electrons. The van der Waals surface area contributed by atoms with Crippen molar-refractivity contribution in [3.63, 3.8) is 0 Å². The third kappa shape index (κ3) is 6.69. The predicted octanol–water partition coefficient (Wildman–Crippen LogP) is 5.23. The van der Waals surface area contributed by atoms with Gasteiger partial charge >= 0.3 is 6.18 Å². The van der Waals surface area contributed by atoms with E-state index in [1.165, 1.54) is 30.5 Å². The summed E-state index contributed by atoms with van der Waals surface area (Å²) >= 11 is 0. The Balaban J connectivity index is 1.50. The minimum absolute atomic E-state index is 0.0182. The Hall–Kier alpha value is -3.66. The van der Waals surface area contributed by atoms with Crippen molar-refractivity contribution < 1.29 is 27.1 Å². The predicted molar refractivity (Wildman–Crippen MR) is 124 cm³/mol. The molecule has 2 heterocycles. The van der Waals surface area contributed by atoms with E-state index in [1.54, 1.807) is 18.2 Å². The van der Waals surface area contributed by atoms with Gasteiger partial charge in [0.2, 0.25) is 0 Å². The third-order valence-electron chi connectivity index (χ3n) is 5.53. The van der Waals surface area contributed by atoms with E-state index < -0.39 is 17.6 Å². The summed E-state index contributed by atoms with van der Waals surface area (Å²) in [6.07, 6.45) is -1.25. The molecule has 0 saturated carbocycles. The van der Waals surface area contributed by atoms with Crippen LogP contribution in [-0.2, 0) is 12.7 Å². The van der Waals surface area contributed by atoms with Gasteiger partial charge in [-0.2, -0.15) is 13.2 Å². The zero-order valence-electron chi connectivity index (χ0n) is 18.7. The molecule has 0 spiro atoms. The van der Waals surface area contributed by atoms with Gasteiger partial charge in [-0.1, -0.05) is 12.1 Å². The highest BCUT2D eigenvalue weighted by Crippen LogP contribution is 2.34. The number of halogens is 4. The second-order valence-electron chi connectivity index (χ2n) is 8.18. The normalized spacial score (nSPS) is 15.6. The molecule has 0 aliphatic carbocycles. The van der Waals surface area contributed by atoms with Gasteiger partial charge in [-0.3, -0.25) is 4.79 Å². The minimum Gasteiger partial charge on any atom is -0.492 e. The fourth-order valence-electron chi connectivity index (χ4n) is 3.73. The van der Waals surface area contributed by atoms with E-state index in [9.17, 15) is 22.4 Å². The molecule has 1 atom stereocenters. The van der Waals surface area contributed by atoms with Crippen LogP contribution < -0.4 is 20.7 Å². The molecule has 4 rings (SSSR count). The van der Waals surface area contributed by atoms with Crippen molar-refractivity contribution in [2.24, 2.45) is 0 Å². The summed E-state index contributed by atoms with van der Waals surface area (Å²) in [7, 11) is 0. The van der Waals surface area contributed by atoms with E-state index >= 15 is 0 Å². The standard InChI is InChI=1S/C25H24F4N4O2/c26-18-7-5-16(6-8-18)14-32-23-22(4-2-10-31-23)24(34)33-20-11-17(25(27,28)29)12-21(13-20)35-15-19-3-1-9-30-19/h2,4-8,10-13,19,30H,1,3,9,14-15H2,(H,31,32)(H,33,34). The molecule has 1 aromatic heterocycles. The Bertz CT molecular complexity index is 1160. The second kappa shape index (κ2) is 10.7. The molecule has 1 amide bonds. The number of pyridine rings is 1. The molecule has 184 valence electrons. The lowest BCUT2D eigenvalue weighted by Gasteiger charge is -2.16. The van der Waals surface area contributed by atoms with Crippen LogP contribution in [0.1, 0.15) is 34.3 Å². The summed E-state index contributed by atoms with van der Waals surface area (Å²) in [5, 5.41) is 8.75. The van der Waals surface area contributed by atoms with Crippen LogP contribution in [0.5, 0.6) is 5.75 Å². The van der Waals surface area contributed by atoms with Crippen LogP contribution >= 0.6 is 0 Å². The molecule has 3 aromatic rings. The number of benzene rings is 2. The summed E-state index contributed by atoms with van der Waals surface area (Å²) < 4.78 is 59.2. The van der Waals surface area contributed by atoms with E-state index in [4.69, 9.17) is 4.74 Å². The topological polar surface area (TPSA) is 75.3 Å². The van der Waals surface area contributed by atoms with E-state index in [-0.39, 0.29) is 47.8 Å². The summed E-state index contributed by atoms with van der Waals surface area (Å²) in [4.78, 5) is 17.1. The fourth-order valence-corrected chi connectivity index (χ4v) is 3.73. The average Bonchev–Trinajstić information content (AvgIpc) is 3.36. The molecular formula is C25H24F4N4O2. The van der Waals surface area contributed by atoms with E-state index in [0.717, 1.165) is 37.1 Å². The largest absolute Gasteiger partial charge is 0.492 e. The highest BCUT2D eigenvalue weighted by atomic mass is 19.4. The zero-order valence-corrected chi connectivity index (χ0v) is 18.7. The molecule has 1 aliphatic rings. The van der Waals surface area contributed by atoms with Gasteiger partial charge in [0.15, 0.2) is 0 Å². The molecule has 10 heteroatoms. The lowest BCUT2D eigenvalue weighted by atomic mass is 10.1. The number of alkyl halides is 3. The minimum atomic E-state index is -4.61. The van der Waals surface area contributed by atoms with Crippen LogP contribution in [0.25, 0.3) is 0 Å². The van der Waals surface area contributed by atoms with Gasteiger partial charge < -0.3 is 20.7 Å². The average molecular weight is 488 g/mol. The summed E-state index contributed by atoms with van der Waals surface area (Å²) in [5.74, 6) is -0.743. The number of aromatic nitrogens is 1. The summed E-state index contributed by atoms with van der Waals surface area (Å²) in [5.41, 5.74) is -0.0671. The first kappa shape index (κ1) is 24.5. The van der Waals surface area contributed by atoms with E-state index in [2.05, 4.69) is 20.9 Å². The molecule has 6 nitrogen and oxygen atoms in total. The summed E-state index contributed by atoms with van der Waals surface area (Å²) in [6.45, 7) is 1.35. The molecule has 3 N–H and O–H groups in total. The third-order valence-corrected chi connectivity index (χ3v) is 5.53. The van der Waals surface area contributed by atoms with Gasteiger partial charge in [-0.25, -0.2) is 9.37 Å². The van der Waals surface area contributed by atoms with Crippen molar-refractivity contribution >= 4 is 17.4 Å². The highest BCUT2D eigenvalue weighted by molar-refractivity contribution is 6.07. The van der Waals surface area contributed by atoms with Crippen molar-refractivity contribution in [1.82, 2.24) is 10.3 Å². The number of nitrogens with zero attached hydrogens (tertiary/aromatic N) is 1. The second-order valence-corrected chi connectivity index (χ2v) is 8.18. The smallest absolute Gasteiger partial charge is 0.416 e. The molecule has 2 aromatic carbocycles. The van der Waals surface area contributed by atoms with Crippen LogP contribution in [-0.4, -0.2) is 30.1 Å². The van der Waals surface area contributed by atoms with Gasteiger partial charge in [0, 0.05) is 30.5 Å². The van der Waals surface area contributed by atoms with Crippen LogP contribution in [0.3, 0.4) is 0 Å². The van der Waals surface area contributed by atoms with Crippen molar-refractivity contribution in [3.8, 4) is 5.75 Å². The molecule has 1 saturated heterocycles. The Morgan fingerprint density at radius 1 is 1.14 bits per heavy atom. The number of carbonyl (C=O) groups excluding carboxylic acids is 1. The molecular weight excluding hydrogens is 464 g/mol. The maximum absolute atomic E-state index is 13.5. The van der Waals surface area contributed by atoms with Crippen LogP contribution in [0.2, 0.25) is 0 Å². The summed E-state index contributed by atoms with van der Waals surface area (Å²) in [6, 6.07) is 12.1. The first-order chi connectivity index (χ1) is 16.8. The Morgan fingerprint density at radius 2 is 1.94 bits per heavy atom. The number of carbonyl (C=O) groups is 1. The lowest BCUT2D eigenvalue weighted by molar-refractivity contribution is -0.137. The van der Waals surface area contributed by atoms with Crippen LogP contribution in [0, 0.1) is 5.82 Å². The number of amides is 1. The van der Waals surface area contributed by atoms with Crippen LogP contribution in [0.15, 0.2) is 60.8 Å². The van der Waals surface area contributed by atoms with E-state index in [0.29, 0.717) is 0 Å². The van der Waals surface area contributed by atoms with Crippen molar-refractivity contribution in [3.05, 3.63) is 83.3 Å². The van der Waals surface area contributed by atoms with Gasteiger partial charge in [-0.05, 0) is 61.3 Å². The molecule has 1 fully saturated rings. The Morgan fingerprint density at radius 3 is 2.66 bits per heavy atom. The number of anilines is 2. The van der Waals surface area contributed by atoms with Crippen molar-refractivity contribution in [2.75, 3.05) is 23.8 Å². The van der Waals surface area contributed by atoms with Crippen LogP contribution in [0.4, 0.5) is 29.1 Å². The lowest BCUT2D eigenvalue weighted by Crippen LogP contribution is -2.28. The van der Waals surface area contributed by atoms with Gasteiger partial charge in [-0.15, -0.1) is 0 Å². The van der Waals surface area contributed by atoms with Crippen molar-refractivity contribution in [2.45, 2.75) is 31.6 Å². The number of ether oxygens (including phenoxy) is 1. The number of hydrogen-bond donors (Lipinski definition) is 3. The molecule has 1 unspecified atom stereocenters. The first-order valence-corrected chi connectivity index (χ1v) is 11.1. The Kier molecular flexibility index (Phi) is 7.50. The first-order valence-electron chi connectivity index (χ1n) is 11.1. The number of rotatable bonds is 8. The maximum atomic E-state index is 13.5. The van der Waals surface area contributed by atoms with E-state index in [1.807, 2.05) is 0 Å².